The van der Waals surface area contributed by atoms with E-state index >= 15 is 0 Å². The Morgan fingerprint density at radius 3 is 2.61 bits per heavy atom. The number of hydrazine groups is 1. The van der Waals surface area contributed by atoms with Crippen LogP contribution in [0.4, 0.5) is 11.4 Å². The van der Waals surface area contributed by atoms with E-state index in [4.69, 9.17) is 10.9 Å². The zero-order valence-corrected chi connectivity index (χ0v) is 21.1. The summed E-state index contributed by atoms with van der Waals surface area (Å²) in [4.78, 5) is -1.24. The van der Waals surface area contributed by atoms with Crippen LogP contribution < -0.4 is 26.6 Å². The van der Waals surface area contributed by atoms with Crippen LogP contribution in [-0.2, 0) is 20.0 Å². The average molecular weight is 535 g/mol. The fraction of sp³-hybridized carbons (Fsp3) is 0.300. The van der Waals surface area contributed by atoms with Crippen molar-refractivity contribution >= 4 is 37.6 Å². The Labute approximate surface area is 208 Å². The minimum Gasteiger partial charge on any atom is -0.397 e. The summed E-state index contributed by atoms with van der Waals surface area (Å²) in [5.74, 6) is -0.178. The van der Waals surface area contributed by atoms with Gasteiger partial charge in [0.25, 0.3) is 10.0 Å². The number of tetrazole rings is 1. The molecule has 0 radical (unpaired) electrons. The number of nitrogens with one attached hydrogen (secondary N) is 3. The highest BCUT2D eigenvalue weighted by molar-refractivity contribution is 7.93. The molecule has 1 fully saturated rings. The number of nitrogens with zero attached hydrogens (tertiary/aromatic N) is 5. The topological polar surface area (TPSA) is 214 Å². The Balaban J connectivity index is 1.99. The molecule has 4 rings (SSSR count). The predicted octanol–water partition coefficient (Wildman–Crippen LogP) is -0.297. The second-order valence-corrected chi connectivity index (χ2v) is 11.2. The maximum atomic E-state index is 13.2. The number of H-pyrrole nitrogens is 1. The molecule has 16 heteroatoms. The van der Waals surface area contributed by atoms with Gasteiger partial charge in [-0.05, 0) is 52.7 Å². The number of sulfonamides is 2. The lowest BCUT2D eigenvalue weighted by Crippen LogP contribution is -2.31. The Bertz CT molecular complexity index is 1500. The molecule has 0 amide bonds. The number of aromatic amines is 1. The Morgan fingerprint density at radius 1 is 1.22 bits per heavy atom. The van der Waals surface area contributed by atoms with E-state index in [1.165, 1.54) is 18.3 Å². The third-order valence-electron chi connectivity index (χ3n) is 5.81. The molecule has 7 N–H and O–H groups in total. The first-order valence-electron chi connectivity index (χ1n) is 10.8. The number of nitrogen functional groups attached to an aromatic ring is 1. The van der Waals surface area contributed by atoms with Gasteiger partial charge in [0.2, 0.25) is 10.0 Å². The smallest absolute Gasteiger partial charge is 0.283 e. The molecule has 1 unspecified atom stereocenters. The molecule has 0 bridgehead atoms. The molecule has 1 aromatic heterocycles. The van der Waals surface area contributed by atoms with Gasteiger partial charge in [-0.1, -0.05) is 12.1 Å². The Morgan fingerprint density at radius 2 is 2.00 bits per heavy atom. The molecular formula is C20H26N10O4S2. The third kappa shape index (κ3) is 5.07. The number of rotatable bonds is 8. The number of anilines is 2. The van der Waals surface area contributed by atoms with Crippen LogP contribution in [0.3, 0.4) is 0 Å². The van der Waals surface area contributed by atoms with Crippen LogP contribution in [-0.4, -0.2) is 70.9 Å². The highest BCUT2D eigenvalue weighted by Gasteiger charge is 2.32. The number of hydrogen-bond acceptors (Lipinski definition) is 11. The normalized spacial score (nSPS) is 16.6. The van der Waals surface area contributed by atoms with Crippen LogP contribution in [0, 0.1) is 5.92 Å². The van der Waals surface area contributed by atoms with Gasteiger partial charge in [0, 0.05) is 38.3 Å². The number of benzene rings is 2. The minimum absolute atomic E-state index is 0.0876. The van der Waals surface area contributed by atoms with Gasteiger partial charge < -0.3 is 16.1 Å². The second-order valence-electron chi connectivity index (χ2n) is 8.15. The van der Waals surface area contributed by atoms with Crippen molar-refractivity contribution in [3.63, 3.8) is 0 Å². The maximum Gasteiger partial charge on any atom is 0.283 e. The number of nitrogens with two attached hydrogens (primary N) is 2. The van der Waals surface area contributed by atoms with E-state index in [9.17, 15) is 16.8 Å². The third-order valence-corrected chi connectivity index (χ3v) is 8.23. The molecule has 1 atom stereocenters. The zero-order valence-electron chi connectivity index (χ0n) is 19.5. The summed E-state index contributed by atoms with van der Waals surface area (Å²) >= 11 is 0. The van der Waals surface area contributed by atoms with E-state index < -0.39 is 29.8 Å². The molecule has 2 aromatic carbocycles. The lowest BCUT2D eigenvalue weighted by molar-refractivity contribution is 0.584. The molecule has 1 saturated heterocycles. The quantitative estimate of drug-likeness (QED) is 0.144. The molecule has 0 spiro atoms. The van der Waals surface area contributed by atoms with Crippen molar-refractivity contribution in [2.24, 2.45) is 15.5 Å². The van der Waals surface area contributed by atoms with Crippen LogP contribution in [0.5, 0.6) is 0 Å². The van der Waals surface area contributed by atoms with Crippen LogP contribution >= 0.6 is 0 Å². The molecular weight excluding hydrogens is 508 g/mol. The first-order valence-corrected chi connectivity index (χ1v) is 13.8. The van der Waals surface area contributed by atoms with Crippen molar-refractivity contribution in [2.45, 2.75) is 16.2 Å². The maximum absolute atomic E-state index is 13.2. The molecule has 14 nitrogen and oxygen atoms in total. The van der Waals surface area contributed by atoms with Crippen LogP contribution in [0.25, 0.3) is 22.5 Å². The lowest BCUT2D eigenvalue weighted by Gasteiger charge is -2.21. The van der Waals surface area contributed by atoms with Gasteiger partial charge in [-0.3, -0.25) is 0 Å². The summed E-state index contributed by atoms with van der Waals surface area (Å²) in [5.41, 5.74) is 10.8. The van der Waals surface area contributed by atoms with E-state index in [0.717, 1.165) is 13.0 Å². The van der Waals surface area contributed by atoms with E-state index in [-0.39, 0.29) is 17.3 Å². The second kappa shape index (κ2) is 9.90. The fourth-order valence-electron chi connectivity index (χ4n) is 3.94. The largest absolute Gasteiger partial charge is 0.397 e. The summed E-state index contributed by atoms with van der Waals surface area (Å²) in [5, 5.41) is 23.8. The van der Waals surface area contributed by atoms with Crippen LogP contribution in [0.1, 0.15) is 6.42 Å². The SMILES string of the molecule is CNN(C)c1cc(-c2ccc(S(=O)(=O)/N=C/C3CCNC3)c(S(N)(=O)=O)c2-c2nnn[nH]2)ccc1N. The summed E-state index contributed by atoms with van der Waals surface area (Å²) in [6.45, 7) is 1.32. The van der Waals surface area contributed by atoms with Crippen molar-refractivity contribution in [1.29, 1.82) is 0 Å². The van der Waals surface area contributed by atoms with Crippen LogP contribution in [0.2, 0.25) is 0 Å². The molecule has 192 valence electrons. The standard InChI is InChI=1S/C20H26N10O4S2/c1-23-30(2)16-9-13(3-5-15(16)21)14-4-6-17(36(33,34)25-11-12-7-8-24-10-12)19(35(22,31)32)18(14)20-26-28-29-27-20/h3-6,9,11-12,23-24H,7-8,10,21H2,1-2H3,(H2,22,31,32)(H,26,27,28,29)/b25-11+. The Kier molecular flexibility index (Phi) is 7.05. The van der Waals surface area contributed by atoms with Gasteiger partial charge in [-0.25, -0.2) is 24.1 Å². The van der Waals surface area contributed by atoms with Crippen molar-refractivity contribution in [1.82, 2.24) is 31.4 Å². The van der Waals surface area contributed by atoms with Crippen LogP contribution in [0.15, 0.2) is 44.5 Å². The summed E-state index contributed by atoms with van der Waals surface area (Å²) in [6, 6.07) is 7.64. The first-order chi connectivity index (χ1) is 17.0. The number of hydrogen-bond donors (Lipinski definition) is 5. The number of aromatic nitrogens is 4. The first kappa shape index (κ1) is 25.6. The Hall–Kier alpha value is -3.44. The van der Waals surface area contributed by atoms with Gasteiger partial charge in [0.1, 0.15) is 9.79 Å². The molecule has 36 heavy (non-hydrogen) atoms. The molecule has 3 aromatic rings. The predicted molar refractivity (Wildman–Crippen MR) is 135 cm³/mol. The van der Waals surface area contributed by atoms with Gasteiger partial charge in [0.15, 0.2) is 5.82 Å². The molecule has 0 aliphatic carbocycles. The average Bonchev–Trinajstić information content (AvgIpc) is 3.56. The summed E-state index contributed by atoms with van der Waals surface area (Å²) in [7, 11) is -5.60. The van der Waals surface area contributed by atoms with Gasteiger partial charge in [-0.2, -0.15) is 12.8 Å². The van der Waals surface area contributed by atoms with Gasteiger partial charge in [0.05, 0.1) is 11.4 Å². The number of primary sulfonamides is 1. The van der Waals surface area contributed by atoms with Crippen molar-refractivity contribution in [3.8, 4) is 22.5 Å². The molecule has 2 heterocycles. The molecule has 1 aliphatic rings. The monoisotopic (exact) mass is 534 g/mol. The van der Waals surface area contributed by atoms with Crippen molar-refractivity contribution in [2.75, 3.05) is 37.9 Å². The minimum atomic E-state index is -4.61. The van der Waals surface area contributed by atoms with E-state index in [0.29, 0.717) is 29.0 Å². The fourth-order valence-corrected chi connectivity index (χ4v) is 6.47. The summed E-state index contributed by atoms with van der Waals surface area (Å²) < 4.78 is 55.9. The zero-order chi connectivity index (χ0) is 26.1. The summed E-state index contributed by atoms with van der Waals surface area (Å²) in [6.07, 6.45) is 2.03. The van der Waals surface area contributed by atoms with E-state index in [1.54, 1.807) is 37.3 Å². The van der Waals surface area contributed by atoms with Crippen molar-refractivity contribution in [3.05, 3.63) is 30.3 Å². The lowest BCUT2D eigenvalue weighted by atomic mass is 9.98. The van der Waals surface area contributed by atoms with E-state index in [2.05, 4.69) is 35.8 Å². The van der Waals surface area contributed by atoms with Gasteiger partial charge in [-0.15, -0.1) is 5.10 Å². The highest BCUT2D eigenvalue weighted by atomic mass is 32.2. The molecule has 0 saturated carbocycles. The molecule has 1 aliphatic heterocycles. The highest BCUT2D eigenvalue weighted by Crippen LogP contribution is 2.40. The van der Waals surface area contributed by atoms with E-state index in [1.807, 2.05) is 0 Å². The van der Waals surface area contributed by atoms with Gasteiger partial charge >= 0.3 is 0 Å². The van der Waals surface area contributed by atoms with Crippen molar-refractivity contribution < 1.29 is 16.8 Å².